The molecule has 1 amide bonds. The Labute approximate surface area is 169 Å². The Balaban J connectivity index is 1.28. The van der Waals surface area contributed by atoms with Gasteiger partial charge in [-0.3, -0.25) is 9.69 Å². The van der Waals surface area contributed by atoms with E-state index >= 15 is 0 Å². The van der Waals surface area contributed by atoms with Gasteiger partial charge in [0.2, 0.25) is 5.91 Å². The summed E-state index contributed by atoms with van der Waals surface area (Å²) in [6.07, 6.45) is 5.56. The van der Waals surface area contributed by atoms with E-state index in [-0.39, 0.29) is 17.9 Å². The molecule has 0 radical (unpaired) electrons. The summed E-state index contributed by atoms with van der Waals surface area (Å²) in [7, 11) is 0. The van der Waals surface area contributed by atoms with Gasteiger partial charge in [0.1, 0.15) is 0 Å². The molecule has 0 saturated carbocycles. The Bertz CT molecular complexity index is 836. The number of hydrogen-bond donors (Lipinski definition) is 1. The second-order valence-electron chi connectivity index (χ2n) is 8.65. The van der Waals surface area contributed by atoms with E-state index < -0.39 is 0 Å². The van der Waals surface area contributed by atoms with E-state index in [4.69, 9.17) is 0 Å². The molecule has 1 atom stereocenters. The van der Waals surface area contributed by atoms with Crippen molar-refractivity contribution < 1.29 is 4.79 Å². The van der Waals surface area contributed by atoms with Crippen LogP contribution in [-0.4, -0.2) is 23.9 Å². The number of carbonyl (C=O) groups is 1. The lowest BCUT2D eigenvalue weighted by molar-refractivity contribution is -0.127. The number of aryl methyl sites for hydroxylation is 3. The second kappa shape index (κ2) is 8.48. The fourth-order valence-electron chi connectivity index (χ4n) is 4.70. The molecule has 0 spiro atoms. The van der Waals surface area contributed by atoms with Crippen LogP contribution in [0.15, 0.2) is 42.5 Å². The Morgan fingerprint density at radius 1 is 1.11 bits per heavy atom. The summed E-state index contributed by atoms with van der Waals surface area (Å²) in [5.74, 6) is 0.369. The number of nitrogens with zero attached hydrogens (tertiary/aromatic N) is 1. The number of benzene rings is 2. The molecule has 0 bridgehead atoms. The third kappa shape index (κ3) is 4.47. The number of nitrogens with one attached hydrogen (secondary N) is 1. The van der Waals surface area contributed by atoms with Gasteiger partial charge in [0.15, 0.2) is 0 Å². The number of fused-ring (bicyclic) bond motifs is 1. The normalized spacial score (nSPS) is 18.6. The SMILES string of the molecule is Cc1cccc(CN2CCC(C(=O)N[C@H](C)c3ccc4c(c3)CCC4)CC2)c1. The fourth-order valence-corrected chi connectivity index (χ4v) is 4.70. The largest absolute Gasteiger partial charge is 0.349 e. The van der Waals surface area contributed by atoms with E-state index in [9.17, 15) is 4.79 Å². The molecule has 4 rings (SSSR count). The molecule has 1 aliphatic carbocycles. The maximum absolute atomic E-state index is 12.8. The van der Waals surface area contributed by atoms with Gasteiger partial charge in [0.25, 0.3) is 0 Å². The summed E-state index contributed by atoms with van der Waals surface area (Å²) in [6.45, 7) is 7.24. The molecule has 148 valence electrons. The summed E-state index contributed by atoms with van der Waals surface area (Å²) in [6, 6.07) is 15.6. The van der Waals surface area contributed by atoms with Gasteiger partial charge in [0.05, 0.1) is 6.04 Å². The highest BCUT2D eigenvalue weighted by Crippen LogP contribution is 2.26. The van der Waals surface area contributed by atoms with Crippen LogP contribution in [0.2, 0.25) is 0 Å². The first kappa shape index (κ1) is 19.2. The van der Waals surface area contributed by atoms with Crippen molar-refractivity contribution in [2.45, 2.75) is 58.5 Å². The van der Waals surface area contributed by atoms with E-state index in [1.807, 2.05) is 0 Å². The topological polar surface area (TPSA) is 32.3 Å². The molecule has 0 aromatic heterocycles. The van der Waals surface area contributed by atoms with Gasteiger partial charge in [0, 0.05) is 12.5 Å². The summed E-state index contributed by atoms with van der Waals surface area (Å²) in [4.78, 5) is 15.3. The van der Waals surface area contributed by atoms with E-state index in [0.717, 1.165) is 32.5 Å². The standard InChI is InChI=1S/C25H32N2O/c1-18-5-3-6-20(15-18)17-27-13-11-22(12-14-27)25(28)26-19(2)23-10-9-21-7-4-8-24(21)16-23/h3,5-6,9-10,15-16,19,22H,4,7-8,11-14,17H2,1-2H3,(H,26,28)/t19-/m1/s1. The van der Waals surface area contributed by atoms with E-state index in [0.29, 0.717) is 0 Å². The highest BCUT2D eigenvalue weighted by molar-refractivity contribution is 5.79. The van der Waals surface area contributed by atoms with Crippen molar-refractivity contribution in [2.24, 2.45) is 5.92 Å². The first-order valence-corrected chi connectivity index (χ1v) is 10.8. The van der Waals surface area contributed by atoms with Crippen molar-refractivity contribution in [3.05, 3.63) is 70.3 Å². The maximum atomic E-state index is 12.8. The Hall–Kier alpha value is -2.13. The Morgan fingerprint density at radius 3 is 2.68 bits per heavy atom. The van der Waals surface area contributed by atoms with Crippen LogP contribution >= 0.6 is 0 Å². The molecule has 1 heterocycles. The number of hydrogen-bond acceptors (Lipinski definition) is 2. The molecule has 28 heavy (non-hydrogen) atoms. The lowest BCUT2D eigenvalue weighted by Crippen LogP contribution is -2.40. The van der Waals surface area contributed by atoms with Crippen LogP contribution in [0.1, 0.15) is 60.0 Å². The quantitative estimate of drug-likeness (QED) is 0.829. The van der Waals surface area contributed by atoms with Crippen molar-refractivity contribution >= 4 is 5.91 Å². The van der Waals surface area contributed by atoms with Gasteiger partial charge in [-0.05, 0) is 81.3 Å². The van der Waals surface area contributed by atoms with Gasteiger partial charge < -0.3 is 5.32 Å². The molecular formula is C25H32N2O. The third-order valence-corrected chi connectivity index (χ3v) is 6.43. The number of likely N-dealkylation sites (tertiary alicyclic amines) is 1. The zero-order valence-electron chi connectivity index (χ0n) is 17.2. The van der Waals surface area contributed by atoms with Crippen molar-refractivity contribution in [1.82, 2.24) is 10.2 Å². The molecule has 2 aliphatic rings. The zero-order chi connectivity index (χ0) is 19.5. The van der Waals surface area contributed by atoms with Crippen molar-refractivity contribution in [3.63, 3.8) is 0 Å². The smallest absolute Gasteiger partial charge is 0.223 e. The van der Waals surface area contributed by atoms with Gasteiger partial charge in [-0.1, -0.05) is 48.0 Å². The molecule has 1 fully saturated rings. The number of carbonyl (C=O) groups excluding carboxylic acids is 1. The molecule has 2 aromatic carbocycles. The predicted octanol–water partition coefficient (Wildman–Crippen LogP) is 4.57. The van der Waals surface area contributed by atoms with E-state index in [1.165, 1.54) is 47.1 Å². The maximum Gasteiger partial charge on any atom is 0.223 e. The lowest BCUT2D eigenvalue weighted by atomic mass is 9.94. The van der Waals surface area contributed by atoms with Crippen LogP contribution in [0.3, 0.4) is 0 Å². The number of rotatable bonds is 5. The minimum Gasteiger partial charge on any atom is -0.349 e. The van der Waals surface area contributed by atoms with Crippen molar-refractivity contribution in [3.8, 4) is 0 Å². The Kier molecular flexibility index (Phi) is 5.82. The van der Waals surface area contributed by atoms with Crippen LogP contribution in [0.5, 0.6) is 0 Å². The summed E-state index contributed by atoms with van der Waals surface area (Å²) in [5.41, 5.74) is 6.89. The van der Waals surface area contributed by atoms with Crippen molar-refractivity contribution in [2.75, 3.05) is 13.1 Å². The molecule has 1 saturated heterocycles. The highest BCUT2D eigenvalue weighted by atomic mass is 16.1. The fraction of sp³-hybridized carbons (Fsp3) is 0.480. The second-order valence-corrected chi connectivity index (χ2v) is 8.65. The first-order chi connectivity index (χ1) is 13.6. The summed E-state index contributed by atoms with van der Waals surface area (Å²) < 4.78 is 0. The van der Waals surface area contributed by atoms with Crippen LogP contribution in [0.4, 0.5) is 0 Å². The third-order valence-electron chi connectivity index (χ3n) is 6.43. The molecule has 2 aromatic rings. The minimum absolute atomic E-state index is 0.0868. The molecule has 3 nitrogen and oxygen atoms in total. The van der Waals surface area contributed by atoms with Gasteiger partial charge in [-0.25, -0.2) is 0 Å². The van der Waals surface area contributed by atoms with Gasteiger partial charge in [-0.15, -0.1) is 0 Å². The highest BCUT2D eigenvalue weighted by Gasteiger charge is 2.26. The zero-order valence-corrected chi connectivity index (χ0v) is 17.2. The number of amides is 1. The van der Waals surface area contributed by atoms with Gasteiger partial charge >= 0.3 is 0 Å². The molecular weight excluding hydrogens is 344 g/mol. The summed E-state index contributed by atoms with van der Waals surface area (Å²) >= 11 is 0. The monoisotopic (exact) mass is 376 g/mol. The minimum atomic E-state index is 0.0868. The molecule has 1 N–H and O–H groups in total. The lowest BCUT2D eigenvalue weighted by Gasteiger charge is -2.32. The van der Waals surface area contributed by atoms with Crippen LogP contribution < -0.4 is 5.32 Å². The first-order valence-electron chi connectivity index (χ1n) is 10.8. The van der Waals surface area contributed by atoms with Crippen molar-refractivity contribution in [1.29, 1.82) is 0 Å². The predicted molar refractivity (Wildman–Crippen MR) is 114 cm³/mol. The van der Waals surface area contributed by atoms with E-state index in [2.05, 4.69) is 66.5 Å². The van der Waals surface area contributed by atoms with Gasteiger partial charge in [-0.2, -0.15) is 0 Å². The molecule has 0 unspecified atom stereocenters. The van der Waals surface area contributed by atoms with Crippen LogP contribution in [0, 0.1) is 12.8 Å². The molecule has 1 aliphatic heterocycles. The van der Waals surface area contributed by atoms with E-state index in [1.54, 1.807) is 0 Å². The van der Waals surface area contributed by atoms with Crippen LogP contribution in [-0.2, 0) is 24.2 Å². The average molecular weight is 377 g/mol. The Morgan fingerprint density at radius 2 is 1.89 bits per heavy atom. The number of piperidine rings is 1. The van der Waals surface area contributed by atoms with Crippen LogP contribution in [0.25, 0.3) is 0 Å². The average Bonchev–Trinajstić information content (AvgIpc) is 3.16. The summed E-state index contributed by atoms with van der Waals surface area (Å²) in [5, 5.41) is 3.27. The molecule has 3 heteroatoms.